The number of rotatable bonds is 12. The van der Waals surface area contributed by atoms with Crippen molar-refractivity contribution >= 4 is 40.7 Å². The molecule has 9 nitrogen and oxygen atoms in total. The van der Waals surface area contributed by atoms with Gasteiger partial charge in [-0.15, -0.1) is 13.2 Å². The molecule has 2 unspecified atom stereocenters. The Hall–Kier alpha value is -3.66. The monoisotopic (exact) mass is 621 g/mol. The van der Waals surface area contributed by atoms with E-state index in [4.69, 9.17) is 21.1 Å². The number of aliphatic hydroxyl groups is 1. The van der Waals surface area contributed by atoms with Gasteiger partial charge in [0.15, 0.2) is 0 Å². The maximum atomic E-state index is 14.7. The summed E-state index contributed by atoms with van der Waals surface area (Å²) >= 11 is 6.62. The number of nitrogens with zero attached hydrogens (tertiary/aromatic N) is 3. The number of aryl methyl sites for hydroxylation is 1. The van der Waals surface area contributed by atoms with Crippen LogP contribution >= 0.6 is 11.6 Å². The van der Waals surface area contributed by atoms with Gasteiger partial charge in [-0.25, -0.2) is 0 Å². The van der Waals surface area contributed by atoms with E-state index in [1.54, 1.807) is 47.4 Å². The maximum absolute atomic E-state index is 14.7. The Morgan fingerprint density at radius 3 is 2.41 bits per heavy atom. The molecule has 44 heavy (non-hydrogen) atoms. The van der Waals surface area contributed by atoms with Crippen LogP contribution in [0.2, 0.25) is 5.02 Å². The van der Waals surface area contributed by atoms with E-state index in [2.05, 4.69) is 13.2 Å². The van der Waals surface area contributed by atoms with Crippen molar-refractivity contribution in [1.82, 2.24) is 4.90 Å². The molecule has 3 amide bonds. The second-order valence-electron chi connectivity index (χ2n) is 11.8. The van der Waals surface area contributed by atoms with Crippen LogP contribution in [0.5, 0.6) is 5.75 Å². The van der Waals surface area contributed by atoms with Gasteiger partial charge in [-0.1, -0.05) is 35.9 Å². The SMILES string of the molecule is C=CCN(C(=O)[C@@H]1[C@H]2C(=O)N(CCO)C(C(=O)N(CC=C)c3c(C)cccc3Cl)C23CC[C@@]1(C)O3)c1ccc(OCC)cc1. The fourth-order valence-corrected chi connectivity index (χ4v) is 7.79. The summed E-state index contributed by atoms with van der Waals surface area (Å²) in [5.74, 6) is -2.14. The fourth-order valence-electron chi connectivity index (χ4n) is 7.47. The number of anilines is 2. The predicted molar refractivity (Wildman–Crippen MR) is 170 cm³/mol. The number of benzene rings is 2. The highest BCUT2D eigenvalue weighted by Crippen LogP contribution is 2.63. The smallest absolute Gasteiger partial charge is 0.253 e. The predicted octanol–water partition coefficient (Wildman–Crippen LogP) is 4.54. The molecular formula is C34H40ClN3O6. The highest BCUT2D eigenvalue weighted by atomic mass is 35.5. The molecule has 3 saturated heterocycles. The van der Waals surface area contributed by atoms with Crippen LogP contribution in [-0.4, -0.2) is 77.8 Å². The number of hydrogen-bond donors (Lipinski definition) is 1. The highest BCUT2D eigenvalue weighted by molar-refractivity contribution is 6.34. The lowest BCUT2D eigenvalue weighted by Gasteiger charge is -2.37. The van der Waals surface area contributed by atoms with E-state index in [-0.39, 0.29) is 38.1 Å². The molecule has 5 rings (SSSR count). The van der Waals surface area contributed by atoms with E-state index in [9.17, 15) is 19.5 Å². The molecule has 0 aliphatic carbocycles. The molecule has 5 atom stereocenters. The van der Waals surface area contributed by atoms with Gasteiger partial charge in [0, 0.05) is 25.3 Å². The second kappa shape index (κ2) is 12.4. The van der Waals surface area contributed by atoms with Crippen molar-refractivity contribution in [3.8, 4) is 5.75 Å². The lowest BCUT2D eigenvalue weighted by atomic mass is 9.66. The molecule has 0 saturated carbocycles. The van der Waals surface area contributed by atoms with Crippen molar-refractivity contribution in [2.24, 2.45) is 11.8 Å². The van der Waals surface area contributed by atoms with E-state index in [0.29, 0.717) is 41.6 Å². The first kappa shape index (κ1) is 31.8. The third-order valence-electron chi connectivity index (χ3n) is 9.19. The zero-order chi connectivity index (χ0) is 31.8. The number of para-hydroxylation sites is 1. The van der Waals surface area contributed by atoms with Crippen LogP contribution in [0.1, 0.15) is 32.3 Å². The quantitative estimate of drug-likeness (QED) is 0.349. The Balaban J connectivity index is 1.57. The normalized spacial score (nSPS) is 26.8. The minimum atomic E-state index is -1.26. The number of ether oxygens (including phenoxy) is 2. The number of halogens is 1. The van der Waals surface area contributed by atoms with Gasteiger partial charge < -0.3 is 29.3 Å². The third-order valence-corrected chi connectivity index (χ3v) is 9.50. The number of hydrogen-bond acceptors (Lipinski definition) is 6. The summed E-state index contributed by atoms with van der Waals surface area (Å²) in [6.45, 7) is 13.8. The van der Waals surface area contributed by atoms with Crippen LogP contribution in [0.15, 0.2) is 67.8 Å². The van der Waals surface area contributed by atoms with E-state index in [0.717, 1.165) is 5.56 Å². The molecule has 3 heterocycles. The molecule has 2 aromatic rings. The Bertz CT molecular complexity index is 1440. The van der Waals surface area contributed by atoms with Crippen molar-refractivity contribution in [1.29, 1.82) is 0 Å². The fraction of sp³-hybridized carbons (Fsp3) is 0.441. The van der Waals surface area contributed by atoms with Gasteiger partial charge in [-0.3, -0.25) is 14.4 Å². The van der Waals surface area contributed by atoms with Crippen LogP contribution in [0, 0.1) is 18.8 Å². The van der Waals surface area contributed by atoms with Crippen LogP contribution < -0.4 is 14.5 Å². The summed E-state index contributed by atoms with van der Waals surface area (Å²) in [6, 6.07) is 11.5. The highest BCUT2D eigenvalue weighted by Gasteiger charge is 2.78. The van der Waals surface area contributed by atoms with Gasteiger partial charge in [0.05, 0.1) is 41.4 Å². The molecule has 2 aromatic carbocycles. The Kier molecular flexibility index (Phi) is 8.94. The maximum Gasteiger partial charge on any atom is 0.253 e. The van der Waals surface area contributed by atoms with Crippen LogP contribution in [0.3, 0.4) is 0 Å². The minimum Gasteiger partial charge on any atom is -0.494 e. The molecule has 1 spiro atoms. The number of amides is 3. The zero-order valence-corrected chi connectivity index (χ0v) is 26.3. The number of β-amino-alcohol motifs (C(OH)–C–C–N with tert-alkyl or cyclic N) is 1. The lowest BCUT2D eigenvalue weighted by Crippen LogP contribution is -2.57. The van der Waals surface area contributed by atoms with E-state index < -0.39 is 35.0 Å². The van der Waals surface area contributed by atoms with Crippen molar-refractivity contribution in [3.63, 3.8) is 0 Å². The summed E-state index contributed by atoms with van der Waals surface area (Å²) in [5, 5.41) is 10.4. The molecule has 0 radical (unpaired) electrons. The van der Waals surface area contributed by atoms with Gasteiger partial charge in [0.25, 0.3) is 5.91 Å². The van der Waals surface area contributed by atoms with Crippen LogP contribution in [0.25, 0.3) is 0 Å². The first-order valence-electron chi connectivity index (χ1n) is 15.0. The molecule has 3 fully saturated rings. The van der Waals surface area contributed by atoms with Gasteiger partial charge in [0.1, 0.15) is 17.4 Å². The summed E-state index contributed by atoms with van der Waals surface area (Å²) < 4.78 is 12.4. The van der Waals surface area contributed by atoms with Gasteiger partial charge >= 0.3 is 0 Å². The summed E-state index contributed by atoms with van der Waals surface area (Å²) in [4.78, 5) is 48.1. The average Bonchev–Trinajstić information content (AvgIpc) is 3.56. The average molecular weight is 622 g/mol. The molecule has 0 aromatic heterocycles. The summed E-state index contributed by atoms with van der Waals surface area (Å²) in [7, 11) is 0. The van der Waals surface area contributed by atoms with Crippen LogP contribution in [0.4, 0.5) is 11.4 Å². The Morgan fingerprint density at radius 1 is 1.11 bits per heavy atom. The number of likely N-dealkylation sites (tertiary alicyclic amines) is 1. The molecule has 3 aliphatic rings. The minimum absolute atomic E-state index is 0.0762. The third kappa shape index (κ3) is 5.01. The molecular weight excluding hydrogens is 582 g/mol. The first-order valence-corrected chi connectivity index (χ1v) is 15.4. The Morgan fingerprint density at radius 2 is 1.80 bits per heavy atom. The second-order valence-corrected chi connectivity index (χ2v) is 12.2. The van der Waals surface area contributed by atoms with E-state index in [1.807, 2.05) is 32.9 Å². The van der Waals surface area contributed by atoms with Crippen molar-refractivity contribution in [2.45, 2.75) is 50.9 Å². The lowest BCUT2D eigenvalue weighted by molar-refractivity contribution is -0.145. The molecule has 234 valence electrons. The van der Waals surface area contributed by atoms with Gasteiger partial charge in [-0.2, -0.15) is 0 Å². The molecule has 10 heteroatoms. The largest absolute Gasteiger partial charge is 0.494 e. The first-order chi connectivity index (χ1) is 21.1. The van der Waals surface area contributed by atoms with E-state index in [1.165, 1.54) is 9.80 Å². The Labute approximate surface area is 263 Å². The van der Waals surface area contributed by atoms with Crippen molar-refractivity contribution in [2.75, 3.05) is 42.6 Å². The zero-order valence-electron chi connectivity index (χ0n) is 25.5. The number of fused-ring (bicyclic) bond motifs is 1. The summed E-state index contributed by atoms with van der Waals surface area (Å²) in [6.07, 6.45) is 4.14. The molecule has 3 aliphatic heterocycles. The number of carbonyl (C=O) groups excluding carboxylic acids is 3. The number of aliphatic hydroxyl groups excluding tert-OH is 1. The van der Waals surface area contributed by atoms with Gasteiger partial charge in [0.2, 0.25) is 11.8 Å². The van der Waals surface area contributed by atoms with Crippen LogP contribution in [-0.2, 0) is 19.1 Å². The van der Waals surface area contributed by atoms with Gasteiger partial charge in [-0.05, 0) is 69.5 Å². The molecule has 1 N–H and O–H groups in total. The van der Waals surface area contributed by atoms with Crippen molar-refractivity contribution < 1.29 is 29.0 Å². The molecule has 2 bridgehead atoms. The number of carbonyl (C=O) groups is 3. The summed E-state index contributed by atoms with van der Waals surface area (Å²) in [5.41, 5.74) is -0.294. The van der Waals surface area contributed by atoms with E-state index >= 15 is 0 Å². The topological polar surface area (TPSA) is 99.6 Å². The van der Waals surface area contributed by atoms with Crippen molar-refractivity contribution in [3.05, 3.63) is 78.4 Å². The standard InChI is InChI=1S/C34H40ClN3O6/c1-6-18-36(23-12-14-24(15-13-23)43-8-3)30(40)26-27-31(41)38(20-21-39)29(34(27)17-16-33(26,5)44-34)32(42)37(19-7-2)28-22(4)10-9-11-25(28)35/h6-7,9-15,26-27,29,39H,1-2,8,16-21H2,3-5H3/t26-,27-,29?,33+,34?/m0/s1.